The lowest BCUT2D eigenvalue weighted by atomic mass is 9.90. The number of nitrogens with two attached hydrogens (primary N) is 1. The van der Waals surface area contributed by atoms with Gasteiger partial charge in [0.15, 0.2) is 0 Å². The lowest BCUT2D eigenvalue weighted by molar-refractivity contribution is -0.137. The third-order valence-corrected chi connectivity index (χ3v) is 4.81. The van der Waals surface area contributed by atoms with Gasteiger partial charge < -0.3 is 10.6 Å². The van der Waals surface area contributed by atoms with Gasteiger partial charge in [0.1, 0.15) is 0 Å². The first-order valence-electron chi connectivity index (χ1n) is 8.39. The highest BCUT2D eigenvalue weighted by Gasteiger charge is 2.31. The van der Waals surface area contributed by atoms with Crippen LogP contribution in [0.1, 0.15) is 37.8 Å². The van der Waals surface area contributed by atoms with Crippen molar-refractivity contribution in [2.75, 3.05) is 13.1 Å². The summed E-state index contributed by atoms with van der Waals surface area (Å²) in [5, 5.41) is 0. The maximum atomic E-state index is 12.8. The molecule has 1 aliphatic heterocycles. The van der Waals surface area contributed by atoms with Gasteiger partial charge in [-0.3, -0.25) is 4.79 Å². The van der Waals surface area contributed by atoms with Gasteiger partial charge in [-0.25, -0.2) is 0 Å². The molecule has 0 spiro atoms. The number of amides is 1. The van der Waals surface area contributed by atoms with Crippen molar-refractivity contribution in [3.63, 3.8) is 0 Å². The van der Waals surface area contributed by atoms with Crippen molar-refractivity contribution >= 4 is 18.3 Å². The maximum absolute atomic E-state index is 12.8. The van der Waals surface area contributed by atoms with Crippen molar-refractivity contribution in [2.45, 2.75) is 45.3 Å². The monoisotopic (exact) mass is 378 g/mol. The molecule has 0 radical (unpaired) electrons. The van der Waals surface area contributed by atoms with E-state index in [1.165, 1.54) is 6.07 Å². The molecule has 2 rings (SSSR count). The number of carbonyl (C=O) groups is 1. The van der Waals surface area contributed by atoms with Crippen LogP contribution in [0.2, 0.25) is 0 Å². The molecule has 1 aromatic rings. The van der Waals surface area contributed by atoms with E-state index in [1.807, 2.05) is 11.8 Å². The van der Waals surface area contributed by atoms with E-state index >= 15 is 0 Å². The zero-order valence-electron chi connectivity index (χ0n) is 14.6. The van der Waals surface area contributed by atoms with Crippen LogP contribution in [0, 0.1) is 11.8 Å². The van der Waals surface area contributed by atoms with Gasteiger partial charge in [-0.15, -0.1) is 12.4 Å². The minimum Gasteiger partial charge on any atom is -0.342 e. The fourth-order valence-electron chi connectivity index (χ4n) is 3.27. The van der Waals surface area contributed by atoms with E-state index in [-0.39, 0.29) is 30.3 Å². The van der Waals surface area contributed by atoms with E-state index in [1.54, 1.807) is 13.0 Å². The number of hydrogen-bond donors (Lipinski definition) is 1. The Morgan fingerprint density at radius 2 is 1.88 bits per heavy atom. The molecule has 1 aromatic carbocycles. The molecule has 2 unspecified atom stereocenters. The van der Waals surface area contributed by atoms with Crippen LogP contribution in [0.15, 0.2) is 24.3 Å². The number of piperidine rings is 1. The molecule has 7 heteroatoms. The number of benzene rings is 1. The highest BCUT2D eigenvalue weighted by atomic mass is 35.5. The molecule has 1 heterocycles. The minimum absolute atomic E-state index is 0. The van der Waals surface area contributed by atoms with Crippen molar-refractivity contribution in [1.29, 1.82) is 0 Å². The van der Waals surface area contributed by atoms with Crippen molar-refractivity contribution in [3.8, 4) is 0 Å². The van der Waals surface area contributed by atoms with Crippen molar-refractivity contribution in [2.24, 2.45) is 17.6 Å². The maximum Gasteiger partial charge on any atom is 0.416 e. The summed E-state index contributed by atoms with van der Waals surface area (Å²) in [5.41, 5.74) is 5.77. The Kier molecular flexibility index (Phi) is 7.75. The van der Waals surface area contributed by atoms with Crippen LogP contribution in [0.5, 0.6) is 0 Å². The molecule has 1 fully saturated rings. The number of nitrogens with zero attached hydrogens (tertiary/aromatic N) is 1. The molecule has 2 N–H and O–H groups in total. The summed E-state index contributed by atoms with van der Waals surface area (Å²) in [6.45, 7) is 5.12. The minimum atomic E-state index is -4.36. The van der Waals surface area contributed by atoms with Gasteiger partial charge in [0, 0.05) is 25.0 Å². The highest BCUT2D eigenvalue weighted by molar-refractivity contribution is 5.85. The number of alkyl halides is 3. The second-order valence-corrected chi connectivity index (χ2v) is 6.83. The summed E-state index contributed by atoms with van der Waals surface area (Å²) in [5.74, 6) is 0.115. The molecule has 3 nitrogen and oxygen atoms in total. The van der Waals surface area contributed by atoms with E-state index in [2.05, 4.69) is 0 Å². The molecule has 1 amide bonds. The molecule has 142 valence electrons. The first-order valence-corrected chi connectivity index (χ1v) is 8.39. The topological polar surface area (TPSA) is 46.3 Å². The van der Waals surface area contributed by atoms with Crippen molar-refractivity contribution in [3.05, 3.63) is 35.4 Å². The van der Waals surface area contributed by atoms with E-state index in [0.29, 0.717) is 31.0 Å². The second-order valence-electron chi connectivity index (χ2n) is 6.83. The molecular weight excluding hydrogens is 353 g/mol. The summed E-state index contributed by atoms with van der Waals surface area (Å²) < 4.78 is 38.3. The molecule has 25 heavy (non-hydrogen) atoms. The van der Waals surface area contributed by atoms with Crippen LogP contribution in [0.3, 0.4) is 0 Å². The van der Waals surface area contributed by atoms with Gasteiger partial charge in [0.25, 0.3) is 0 Å². The van der Waals surface area contributed by atoms with E-state index < -0.39 is 11.7 Å². The zero-order chi connectivity index (χ0) is 17.9. The summed E-state index contributed by atoms with van der Waals surface area (Å²) in [6.07, 6.45) is -2.26. The van der Waals surface area contributed by atoms with Crippen LogP contribution in [0.4, 0.5) is 13.2 Å². The summed E-state index contributed by atoms with van der Waals surface area (Å²) in [7, 11) is 0. The third-order valence-electron chi connectivity index (χ3n) is 4.81. The fourth-order valence-corrected chi connectivity index (χ4v) is 3.27. The van der Waals surface area contributed by atoms with Gasteiger partial charge in [-0.2, -0.15) is 13.2 Å². The first kappa shape index (κ1) is 21.8. The van der Waals surface area contributed by atoms with Gasteiger partial charge in [0.2, 0.25) is 5.91 Å². The lowest BCUT2D eigenvalue weighted by Gasteiger charge is -2.35. The largest absolute Gasteiger partial charge is 0.416 e. The predicted molar refractivity (Wildman–Crippen MR) is 94.5 cm³/mol. The zero-order valence-corrected chi connectivity index (χ0v) is 15.4. The van der Waals surface area contributed by atoms with Crippen molar-refractivity contribution < 1.29 is 18.0 Å². The number of halogens is 4. The van der Waals surface area contributed by atoms with Gasteiger partial charge >= 0.3 is 6.18 Å². The quantitative estimate of drug-likeness (QED) is 0.863. The summed E-state index contributed by atoms with van der Waals surface area (Å²) >= 11 is 0. The Hall–Kier alpha value is -1.27. The van der Waals surface area contributed by atoms with E-state index in [9.17, 15) is 18.0 Å². The van der Waals surface area contributed by atoms with E-state index in [0.717, 1.165) is 25.0 Å². The number of rotatable bonds is 4. The number of likely N-dealkylation sites (tertiary alicyclic amines) is 1. The SMILES string of the molecule is CC(Cc1cccc(C(F)(F)F)c1)C(=O)N1CCC(C(C)N)CC1.Cl. The number of hydrogen-bond acceptors (Lipinski definition) is 2. The second kappa shape index (κ2) is 8.90. The molecule has 0 aliphatic carbocycles. The highest BCUT2D eigenvalue weighted by Crippen LogP contribution is 2.30. The summed E-state index contributed by atoms with van der Waals surface area (Å²) in [6, 6.07) is 5.34. The third kappa shape index (κ3) is 5.89. The first-order chi connectivity index (χ1) is 11.2. The Morgan fingerprint density at radius 1 is 1.28 bits per heavy atom. The molecule has 0 aromatic heterocycles. The molecule has 0 saturated carbocycles. The molecule has 0 bridgehead atoms. The van der Waals surface area contributed by atoms with Crippen LogP contribution in [-0.2, 0) is 17.4 Å². The Labute approximate surface area is 153 Å². The smallest absolute Gasteiger partial charge is 0.342 e. The fraction of sp³-hybridized carbons (Fsp3) is 0.611. The average molecular weight is 379 g/mol. The summed E-state index contributed by atoms with van der Waals surface area (Å²) in [4.78, 5) is 14.3. The predicted octanol–water partition coefficient (Wildman–Crippen LogP) is 3.89. The van der Waals surface area contributed by atoms with E-state index in [4.69, 9.17) is 5.73 Å². The molecule has 2 atom stereocenters. The van der Waals surface area contributed by atoms with Crippen molar-refractivity contribution in [1.82, 2.24) is 4.90 Å². The molecule has 1 aliphatic rings. The Bertz CT molecular complexity index is 570. The Balaban J connectivity index is 0.00000312. The Morgan fingerprint density at radius 3 is 2.40 bits per heavy atom. The van der Waals surface area contributed by atoms with Crippen LogP contribution < -0.4 is 5.73 Å². The van der Waals surface area contributed by atoms with Crippen LogP contribution in [-0.4, -0.2) is 29.9 Å². The van der Waals surface area contributed by atoms with Gasteiger partial charge in [-0.1, -0.05) is 25.1 Å². The van der Waals surface area contributed by atoms with Crippen LogP contribution in [0.25, 0.3) is 0 Å². The molecular formula is C18H26ClF3N2O. The van der Waals surface area contributed by atoms with Gasteiger partial charge in [-0.05, 0) is 43.7 Å². The lowest BCUT2D eigenvalue weighted by Crippen LogP contribution is -2.44. The average Bonchev–Trinajstić information content (AvgIpc) is 2.53. The standard InChI is InChI=1S/C18H25F3N2O.ClH/c1-12(10-14-4-3-5-16(11-14)18(19,20)21)17(24)23-8-6-15(7-9-23)13(2)22;/h3-5,11-13,15H,6-10,22H2,1-2H3;1H. The number of carbonyl (C=O) groups excluding carboxylic acids is 1. The van der Waals surface area contributed by atoms with Gasteiger partial charge in [0.05, 0.1) is 5.56 Å². The van der Waals surface area contributed by atoms with Crippen LogP contribution >= 0.6 is 12.4 Å². The normalized spacial score (nSPS) is 18.4. The molecule has 1 saturated heterocycles.